The Labute approximate surface area is 197 Å². The van der Waals surface area contributed by atoms with E-state index in [2.05, 4.69) is 27.7 Å². The van der Waals surface area contributed by atoms with Gasteiger partial charge in [-0.3, -0.25) is 4.90 Å². The predicted molar refractivity (Wildman–Crippen MR) is 126 cm³/mol. The van der Waals surface area contributed by atoms with Crippen molar-refractivity contribution in [3.63, 3.8) is 0 Å². The van der Waals surface area contributed by atoms with Gasteiger partial charge in [0.15, 0.2) is 17.6 Å². The first kappa shape index (κ1) is 18.6. The summed E-state index contributed by atoms with van der Waals surface area (Å²) in [4.78, 5) is 2.59. The number of phenols is 1. The first-order chi connectivity index (χ1) is 16.6. The number of ether oxygens (including phenoxy) is 2. The van der Waals surface area contributed by atoms with Crippen LogP contribution < -0.4 is 9.47 Å². The lowest BCUT2D eigenvalue weighted by Crippen LogP contribution is -2.74. The van der Waals surface area contributed by atoms with E-state index in [0.717, 1.165) is 55.2 Å². The molecule has 2 N–H and O–H groups in total. The highest BCUT2D eigenvalue weighted by Crippen LogP contribution is 2.69. The summed E-state index contributed by atoms with van der Waals surface area (Å²) in [5.41, 5.74) is 4.39. The Kier molecular flexibility index (Phi) is 3.14. The number of aliphatic hydroxyl groups is 1. The minimum atomic E-state index is -0.937. The molecule has 2 aromatic carbocycles. The number of aromatic hydroxyl groups is 1. The van der Waals surface area contributed by atoms with E-state index in [-0.39, 0.29) is 17.9 Å². The molecule has 6 nitrogen and oxygen atoms in total. The number of rotatable bonds is 2. The largest absolute Gasteiger partial charge is 0.504 e. The average Bonchev–Trinajstić information content (AvgIpc) is 3.50. The van der Waals surface area contributed by atoms with Crippen molar-refractivity contribution in [2.45, 2.75) is 61.8 Å². The minimum Gasteiger partial charge on any atom is -0.504 e. The lowest BCUT2D eigenvalue weighted by atomic mass is 9.49. The number of hydrogen-bond donors (Lipinski definition) is 2. The highest BCUT2D eigenvalue weighted by atomic mass is 16.5. The fraction of sp³-hybridized carbons (Fsp3) is 0.500. The fourth-order valence-electron chi connectivity index (χ4n) is 8.47. The van der Waals surface area contributed by atoms with E-state index in [0.29, 0.717) is 18.8 Å². The van der Waals surface area contributed by atoms with Crippen LogP contribution in [0.1, 0.15) is 47.8 Å². The molecular weight excluding hydrogens is 428 g/mol. The molecular formula is C28H28N2O4. The van der Waals surface area contributed by atoms with E-state index in [1.54, 1.807) is 6.07 Å². The van der Waals surface area contributed by atoms with Crippen LogP contribution in [0, 0.1) is 5.92 Å². The first-order valence-electron chi connectivity index (χ1n) is 12.9. The lowest BCUT2D eigenvalue weighted by molar-refractivity contribution is -0.173. The number of piperidine rings is 1. The highest BCUT2D eigenvalue weighted by molar-refractivity contribution is 5.92. The number of phenolic OH excluding ortho intramolecular Hbond substituents is 1. The summed E-state index contributed by atoms with van der Waals surface area (Å²) in [6, 6.07) is 10.2. The zero-order valence-electron chi connectivity index (χ0n) is 19.1. The average molecular weight is 457 g/mol. The number of para-hydroxylation sites is 1. The van der Waals surface area contributed by atoms with Gasteiger partial charge in [0, 0.05) is 30.0 Å². The smallest absolute Gasteiger partial charge is 0.166 e. The van der Waals surface area contributed by atoms with Gasteiger partial charge in [-0.2, -0.15) is 0 Å². The van der Waals surface area contributed by atoms with Gasteiger partial charge >= 0.3 is 0 Å². The van der Waals surface area contributed by atoms with Gasteiger partial charge in [0.2, 0.25) is 0 Å². The Morgan fingerprint density at radius 1 is 1.12 bits per heavy atom. The molecule has 0 radical (unpaired) electrons. The summed E-state index contributed by atoms with van der Waals surface area (Å²) in [5, 5.41) is 25.0. The summed E-state index contributed by atoms with van der Waals surface area (Å²) in [5.74, 6) is 2.50. The van der Waals surface area contributed by atoms with Crippen LogP contribution in [0.25, 0.3) is 10.9 Å². The molecule has 0 amide bonds. The second-order valence-electron chi connectivity index (χ2n) is 11.4. The third kappa shape index (κ3) is 1.89. The zero-order chi connectivity index (χ0) is 22.4. The Balaban J connectivity index is 1.36. The van der Waals surface area contributed by atoms with Crippen LogP contribution in [0.15, 0.2) is 30.3 Å². The van der Waals surface area contributed by atoms with E-state index in [1.807, 2.05) is 6.07 Å². The molecule has 0 unspecified atom stereocenters. The van der Waals surface area contributed by atoms with Crippen molar-refractivity contribution in [3.8, 4) is 17.2 Å². The minimum absolute atomic E-state index is 0.0621. The topological polar surface area (TPSA) is 67.1 Å². The standard InChI is InChI=1S/C28H28N2O4/c31-19-7-6-16-12-21-28(32)13-18-17-2-1-3-20-23(17)30(10-11-33-20)24(18)26-27(28,22(16)25(19)34-26)8-9-29(21)14-15-4-5-15/h1-3,6-7,15,21,26,31-32H,4-5,8-14H2/t21-,26+,27+,28-/m1/s1. The predicted octanol–water partition coefficient (Wildman–Crippen LogP) is 3.44. The Bertz CT molecular complexity index is 1420. The molecule has 1 aromatic heterocycles. The Hall–Kier alpha value is -2.70. The molecule has 6 aliphatic rings. The monoisotopic (exact) mass is 456 g/mol. The molecule has 2 bridgehead atoms. The van der Waals surface area contributed by atoms with Gasteiger partial charge in [-0.05, 0) is 61.4 Å². The van der Waals surface area contributed by atoms with Crippen molar-refractivity contribution in [2.75, 3.05) is 19.7 Å². The molecule has 1 spiro atoms. The molecule has 2 fully saturated rings. The van der Waals surface area contributed by atoms with Gasteiger partial charge in [-0.25, -0.2) is 0 Å². The van der Waals surface area contributed by atoms with Gasteiger partial charge < -0.3 is 24.3 Å². The summed E-state index contributed by atoms with van der Waals surface area (Å²) < 4.78 is 15.2. The van der Waals surface area contributed by atoms with Crippen molar-refractivity contribution < 1.29 is 19.7 Å². The van der Waals surface area contributed by atoms with Crippen LogP contribution in [-0.4, -0.2) is 51.0 Å². The maximum absolute atomic E-state index is 12.9. The maximum Gasteiger partial charge on any atom is 0.166 e. The van der Waals surface area contributed by atoms with Crippen LogP contribution in [0.4, 0.5) is 0 Å². The molecule has 4 heterocycles. The van der Waals surface area contributed by atoms with Gasteiger partial charge in [-0.15, -0.1) is 0 Å². The van der Waals surface area contributed by atoms with E-state index in [9.17, 15) is 10.2 Å². The highest BCUT2D eigenvalue weighted by Gasteiger charge is 2.73. The van der Waals surface area contributed by atoms with Crippen LogP contribution in [0.5, 0.6) is 17.2 Å². The second-order valence-corrected chi connectivity index (χ2v) is 11.4. The summed E-state index contributed by atoms with van der Waals surface area (Å²) in [6.07, 6.45) is 4.61. The quantitative estimate of drug-likeness (QED) is 0.619. The van der Waals surface area contributed by atoms with Crippen molar-refractivity contribution in [2.24, 2.45) is 5.92 Å². The maximum atomic E-state index is 12.9. The van der Waals surface area contributed by atoms with E-state index >= 15 is 0 Å². The SMILES string of the molecule is Oc1ccc2c3c1O[C@H]1c4c(c5cccc6c5n4CCO6)C[C@@]4(O)[C@@H](C2)N(CC2CC2)CC[C@]314. The molecule has 174 valence electrons. The lowest BCUT2D eigenvalue weighted by Gasteiger charge is -2.63. The first-order valence-corrected chi connectivity index (χ1v) is 12.9. The Morgan fingerprint density at radius 2 is 2.03 bits per heavy atom. The van der Waals surface area contributed by atoms with E-state index in [4.69, 9.17) is 9.47 Å². The van der Waals surface area contributed by atoms with Crippen LogP contribution >= 0.6 is 0 Å². The second kappa shape index (κ2) is 5.74. The number of hydrogen-bond acceptors (Lipinski definition) is 5. The summed E-state index contributed by atoms with van der Waals surface area (Å²) in [6.45, 7) is 3.48. The van der Waals surface area contributed by atoms with Crippen molar-refractivity contribution >= 4 is 10.9 Å². The van der Waals surface area contributed by atoms with Crippen molar-refractivity contribution in [3.05, 3.63) is 52.7 Å². The Morgan fingerprint density at radius 3 is 2.91 bits per heavy atom. The summed E-state index contributed by atoms with van der Waals surface area (Å²) >= 11 is 0. The molecule has 1 saturated carbocycles. The molecule has 4 atom stereocenters. The number of aromatic nitrogens is 1. The molecule has 34 heavy (non-hydrogen) atoms. The van der Waals surface area contributed by atoms with Crippen LogP contribution in [0.3, 0.4) is 0 Å². The van der Waals surface area contributed by atoms with Crippen LogP contribution in [0.2, 0.25) is 0 Å². The van der Waals surface area contributed by atoms with Gasteiger partial charge in [0.25, 0.3) is 0 Å². The van der Waals surface area contributed by atoms with E-state index < -0.39 is 11.0 Å². The van der Waals surface area contributed by atoms with Crippen molar-refractivity contribution in [1.82, 2.24) is 9.47 Å². The fourth-order valence-corrected chi connectivity index (χ4v) is 8.47. The summed E-state index contributed by atoms with van der Waals surface area (Å²) in [7, 11) is 0. The van der Waals surface area contributed by atoms with Crippen LogP contribution in [-0.2, 0) is 24.8 Å². The number of fused-ring (bicyclic) bond motifs is 4. The number of nitrogens with zero attached hydrogens (tertiary/aromatic N) is 2. The molecule has 3 aromatic rings. The molecule has 6 heteroatoms. The zero-order valence-corrected chi connectivity index (χ0v) is 19.1. The van der Waals surface area contributed by atoms with Gasteiger partial charge in [-0.1, -0.05) is 18.2 Å². The third-order valence-corrected chi connectivity index (χ3v) is 9.97. The van der Waals surface area contributed by atoms with E-state index in [1.165, 1.54) is 35.0 Å². The molecule has 9 rings (SSSR count). The molecule has 3 aliphatic heterocycles. The third-order valence-electron chi connectivity index (χ3n) is 9.97. The normalized spacial score (nSPS) is 34.4. The van der Waals surface area contributed by atoms with Gasteiger partial charge in [0.05, 0.1) is 28.8 Å². The number of likely N-dealkylation sites (tertiary alicyclic amines) is 1. The molecule has 3 aliphatic carbocycles. The molecule has 1 saturated heterocycles. The van der Waals surface area contributed by atoms with Gasteiger partial charge in [0.1, 0.15) is 12.4 Å². The number of benzene rings is 2. The van der Waals surface area contributed by atoms with Crippen molar-refractivity contribution in [1.29, 1.82) is 0 Å².